The molecule has 0 saturated carbocycles. The van der Waals surface area contributed by atoms with Crippen molar-refractivity contribution >= 4 is 18.1 Å². The molecule has 0 radical (unpaired) electrons. The lowest BCUT2D eigenvalue weighted by molar-refractivity contribution is -0.137. The minimum Gasteiger partial charge on any atom is -0.449 e. The van der Waals surface area contributed by atoms with E-state index < -0.39 is 29.8 Å². The highest BCUT2D eigenvalue weighted by Gasteiger charge is 2.41. The number of halogens is 3. The third-order valence-electron chi connectivity index (χ3n) is 3.51. The summed E-state index contributed by atoms with van der Waals surface area (Å²) in [7, 11) is 0. The van der Waals surface area contributed by atoms with Crippen molar-refractivity contribution in [1.82, 2.24) is 0 Å². The molecular formula is C14H14F3NO3. The van der Waals surface area contributed by atoms with Gasteiger partial charge in [-0.05, 0) is 31.5 Å². The fraction of sp³-hybridized carbons (Fsp3) is 0.429. The molecule has 4 nitrogen and oxygen atoms in total. The van der Waals surface area contributed by atoms with Gasteiger partial charge >= 0.3 is 12.3 Å². The summed E-state index contributed by atoms with van der Waals surface area (Å²) in [6.45, 7) is 3.30. The van der Waals surface area contributed by atoms with Crippen molar-refractivity contribution in [3.05, 3.63) is 29.3 Å². The number of aldehydes is 1. The Morgan fingerprint density at radius 3 is 2.62 bits per heavy atom. The summed E-state index contributed by atoms with van der Waals surface area (Å²) >= 11 is 0. The minimum absolute atomic E-state index is 0.0767. The maximum atomic E-state index is 12.8. The molecule has 2 rings (SSSR count). The number of alkyl halides is 3. The van der Waals surface area contributed by atoms with Crippen molar-refractivity contribution in [3.8, 4) is 0 Å². The molecule has 1 aromatic rings. The van der Waals surface area contributed by atoms with Crippen LogP contribution in [0, 0.1) is 0 Å². The van der Waals surface area contributed by atoms with Gasteiger partial charge in [0.2, 0.25) is 0 Å². The van der Waals surface area contributed by atoms with E-state index in [4.69, 9.17) is 4.74 Å². The maximum absolute atomic E-state index is 12.8. The first kappa shape index (κ1) is 15.3. The van der Waals surface area contributed by atoms with Crippen LogP contribution in [0.2, 0.25) is 0 Å². The van der Waals surface area contributed by atoms with E-state index >= 15 is 0 Å². The zero-order valence-electron chi connectivity index (χ0n) is 11.5. The van der Waals surface area contributed by atoms with Crippen LogP contribution in [0.15, 0.2) is 18.2 Å². The van der Waals surface area contributed by atoms with E-state index in [-0.39, 0.29) is 12.3 Å². The van der Waals surface area contributed by atoms with E-state index in [1.54, 1.807) is 13.8 Å². The normalized spacial score (nSPS) is 21.1. The van der Waals surface area contributed by atoms with E-state index in [9.17, 15) is 22.8 Å². The molecule has 0 spiro atoms. The van der Waals surface area contributed by atoms with Crippen molar-refractivity contribution in [2.45, 2.75) is 32.0 Å². The minimum atomic E-state index is -4.52. The van der Waals surface area contributed by atoms with Gasteiger partial charge in [-0.25, -0.2) is 4.79 Å². The fourth-order valence-electron chi connectivity index (χ4n) is 2.49. The van der Waals surface area contributed by atoms with Crippen LogP contribution in [0.4, 0.5) is 23.7 Å². The first-order valence-corrected chi connectivity index (χ1v) is 6.43. The van der Waals surface area contributed by atoms with E-state index in [1.165, 1.54) is 6.07 Å². The van der Waals surface area contributed by atoms with Crippen molar-refractivity contribution in [1.29, 1.82) is 0 Å². The van der Waals surface area contributed by atoms with Gasteiger partial charge in [0, 0.05) is 0 Å². The molecule has 1 aromatic carbocycles. The van der Waals surface area contributed by atoms with E-state index in [2.05, 4.69) is 0 Å². The van der Waals surface area contributed by atoms with Crippen molar-refractivity contribution in [2.75, 3.05) is 11.5 Å². The number of rotatable bonds is 2. The smallest absolute Gasteiger partial charge is 0.416 e. The van der Waals surface area contributed by atoms with Gasteiger partial charge in [-0.1, -0.05) is 6.07 Å². The predicted octanol–water partition coefficient (Wildman–Crippen LogP) is 3.35. The standard InChI is InChI=1S/C14H14F3NO3/c1-3-21-13(20)18-8(2)11(7-19)10-5-4-9(6-12(10)18)14(15,16)17/h4-8,11H,3H2,1-2H3. The number of anilines is 1. The number of carbonyl (C=O) groups is 2. The quantitative estimate of drug-likeness (QED) is 0.787. The van der Waals surface area contributed by atoms with Gasteiger partial charge in [0.25, 0.3) is 0 Å². The van der Waals surface area contributed by atoms with Gasteiger partial charge in [0.1, 0.15) is 6.29 Å². The number of hydrogen-bond donors (Lipinski definition) is 0. The van der Waals surface area contributed by atoms with Crippen LogP contribution >= 0.6 is 0 Å². The summed E-state index contributed by atoms with van der Waals surface area (Å²) in [5.41, 5.74) is -0.388. The Balaban J connectivity index is 2.53. The molecule has 1 heterocycles. The van der Waals surface area contributed by atoms with Crippen LogP contribution in [0.25, 0.3) is 0 Å². The van der Waals surface area contributed by atoms with Crippen LogP contribution in [-0.4, -0.2) is 25.0 Å². The molecule has 1 amide bonds. The van der Waals surface area contributed by atoms with Crippen molar-refractivity contribution in [3.63, 3.8) is 0 Å². The van der Waals surface area contributed by atoms with Crippen LogP contribution in [-0.2, 0) is 15.7 Å². The topological polar surface area (TPSA) is 46.6 Å². The van der Waals surface area contributed by atoms with E-state index in [0.29, 0.717) is 11.8 Å². The first-order valence-electron chi connectivity index (χ1n) is 6.43. The van der Waals surface area contributed by atoms with Gasteiger partial charge in [0.05, 0.1) is 29.8 Å². The molecule has 114 valence electrons. The number of benzene rings is 1. The highest BCUT2D eigenvalue weighted by molar-refractivity contribution is 5.94. The number of carbonyl (C=O) groups excluding carboxylic acids is 2. The SMILES string of the molecule is CCOC(=O)N1c2cc(C(F)(F)F)ccc2C(C=O)C1C. The summed E-state index contributed by atoms with van der Waals surface area (Å²) in [5.74, 6) is -0.660. The van der Waals surface area contributed by atoms with Gasteiger partial charge in [0.15, 0.2) is 0 Å². The summed E-state index contributed by atoms with van der Waals surface area (Å²) in [6.07, 6.45) is -4.64. The lowest BCUT2D eigenvalue weighted by Crippen LogP contribution is -2.38. The summed E-state index contributed by atoms with van der Waals surface area (Å²) in [4.78, 5) is 24.2. The second-order valence-electron chi connectivity index (χ2n) is 4.74. The predicted molar refractivity (Wildman–Crippen MR) is 69.2 cm³/mol. The first-order chi connectivity index (χ1) is 9.81. The molecule has 0 fully saturated rings. The number of fused-ring (bicyclic) bond motifs is 1. The molecule has 2 atom stereocenters. The monoisotopic (exact) mass is 301 g/mol. The van der Waals surface area contributed by atoms with Crippen molar-refractivity contribution < 1.29 is 27.5 Å². The van der Waals surface area contributed by atoms with Gasteiger partial charge in [-0.15, -0.1) is 0 Å². The Bertz CT molecular complexity index is 571. The Morgan fingerprint density at radius 2 is 2.10 bits per heavy atom. The molecule has 1 aliphatic rings. The number of nitrogens with zero attached hydrogens (tertiary/aromatic N) is 1. The van der Waals surface area contributed by atoms with Gasteiger partial charge in [-0.2, -0.15) is 13.2 Å². The van der Waals surface area contributed by atoms with Gasteiger partial charge < -0.3 is 9.53 Å². The molecule has 2 unspecified atom stereocenters. The van der Waals surface area contributed by atoms with E-state index in [0.717, 1.165) is 17.0 Å². The maximum Gasteiger partial charge on any atom is 0.416 e. The lowest BCUT2D eigenvalue weighted by atomic mass is 9.97. The van der Waals surface area contributed by atoms with Crippen LogP contribution < -0.4 is 4.90 Å². The second kappa shape index (κ2) is 5.38. The number of hydrogen-bond acceptors (Lipinski definition) is 3. The van der Waals surface area contributed by atoms with Crippen LogP contribution in [0.5, 0.6) is 0 Å². The molecule has 0 bridgehead atoms. The largest absolute Gasteiger partial charge is 0.449 e. The Labute approximate surface area is 119 Å². The zero-order valence-corrected chi connectivity index (χ0v) is 11.5. The van der Waals surface area contributed by atoms with Crippen molar-refractivity contribution in [2.24, 2.45) is 0 Å². The third kappa shape index (κ3) is 2.59. The average molecular weight is 301 g/mol. The Kier molecular flexibility index (Phi) is 3.93. The molecule has 0 N–H and O–H groups in total. The van der Waals surface area contributed by atoms with Crippen LogP contribution in [0.1, 0.15) is 30.9 Å². The Morgan fingerprint density at radius 1 is 1.43 bits per heavy atom. The summed E-state index contributed by atoms with van der Waals surface area (Å²) in [5, 5.41) is 0. The summed E-state index contributed by atoms with van der Waals surface area (Å²) in [6, 6.07) is 2.45. The van der Waals surface area contributed by atoms with Gasteiger partial charge in [-0.3, -0.25) is 4.90 Å². The third-order valence-corrected chi connectivity index (χ3v) is 3.51. The number of ether oxygens (including phenoxy) is 1. The highest BCUT2D eigenvalue weighted by atomic mass is 19.4. The molecular weight excluding hydrogens is 287 g/mol. The lowest BCUT2D eigenvalue weighted by Gasteiger charge is -2.23. The zero-order chi connectivity index (χ0) is 15.8. The molecule has 0 aliphatic carbocycles. The molecule has 21 heavy (non-hydrogen) atoms. The molecule has 0 aromatic heterocycles. The number of amides is 1. The fourth-order valence-corrected chi connectivity index (χ4v) is 2.49. The molecule has 0 saturated heterocycles. The van der Waals surface area contributed by atoms with Crippen LogP contribution in [0.3, 0.4) is 0 Å². The second-order valence-corrected chi connectivity index (χ2v) is 4.74. The average Bonchev–Trinajstić information content (AvgIpc) is 2.68. The highest BCUT2D eigenvalue weighted by Crippen LogP contribution is 2.43. The summed E-state index contributed by atoms with van der Waals surface area (Å²) < 4.78 is 43.3. The molecule has 1 aliphatic heterocycles. The molecule has 7 heteroatoms. The Hall–Kier alpha value is -2.05. The van der Waals surface area contributed by atoms with E-state index in [1.807, 2.05) is 0 Å².